The van der Waals surface area contributed by atoms with Crippen molar-refractivity contribution < 1.29 is 4.79 Å². The zero-order valence-electron chi connectivity index (χ0n) is 9.40. The molecule has 5 nitrogen and oxygen atoms in total. The first-order valence-corrected chi connectivity index (χ1v) is 5.17. The van der Waals surface area contributed by atoms with Crippen LogP contribution in [0.15, 0.2) is 0 Å². The highest BCUT2D eigenvalue weighted by atomic mass is 16.1. The SMILES string of the molecule is CC1(C(C#N)(C#N)C(C#N)C#N)CCCC1=O. The molecule has 1 fully saturated rings. The number of Topliss-reactive ketones (excluding diaryl/α,β-unsaturated/α-hetero) is 1. The summed E-state index contributed by atoms with van der Waals surface area (Å²) in [5.74, 6) is -1.62. The van der Waals surface area contributed by atoms with Gasteiger partial charge in [0.15, 0.2) is 11.3 Å². The van der Waals surface area contributed by atoms with E-state index in [0.717, 1.165) is 0 Å². The molecule has 1 rings (SSSR count). The van der Waals surface area contributed by atoms with E-state index >= 15 is 0 Å². The van der Waals surface area contributed by atoms with Crippen LogP contribution in [0, 0.1) is 62.1 Å². The predicted molar refractivity (Wildman–Crippen MR) is 55.3 cm³/mol. The number of carbonyl (C=O) groups excluding carboxylic acids is 1. The molecule has 1 atom stereocenters. The zero-order valence-corrected chi connectivity index (χ0v) is 9.40. The van der Waals surface area contributed by atoms with Gasteiger partial charge in [0, 0.05) is 6.42 Å². The van der Waals surface area contributed by atoms with E-state index in [1.54, 1.807) is 24.3 Å². The van der Waals surface area contributed by atoms with Crippen LogP contribution in [0.3, 0.4) is 0 Å². The summed E-state index contributed by atoms with van der Waals surface area (Å²) < 4.78 is 0. The predicted octanol–water partition coefficient (Wildman–Crippen LogP) is 1.44. The van der Waals surface area contributed by atoms with E-state index < -0.39 is 16.7 Å². The van der Waals surface area contributed by atoms with Crippen molar-refractivity contribution in [1.82, 2.24) is 0 Å². The minimum atomic E-state index is -1.87. The van der Waals surface area contributed by atoms with Gasteiger partial charge < -0.3 is 0 Å². The molecular formula is C12H10N4O. The molecule has 0 spiro atoms. The van der Waals surface area contributed by atoms with Crippen LogP contribution in [0.4, 0.5) is 0 Å². The summed E-state index contributed by atoms with van der Waals surface area (Å²) in [7, 11) is 0. The molecule has 0 N–H and O–H groups in total. The molecule has 0 bridgehead atoms. The highest BCUT2D eigenvalue weighted by Crippen LogP contribution is 2.52. The Labute approximate surface area is 99.5 Å². The van der Waals surface area contributed by atoms with Gasteiger partial charge in [-0.25, -0.2) is 0 Å². The molecule has 0 saturated heterocycles. The number of rotatable bonds is 2. The summed E-state index contributed by atoms with van der Waals surface area (Å²) >= 11 is 0. The second kappa shape index (κ2) is 4.25. The maximum absolute atomic E-state index is 11.9. The smallest absolute Gasteiger partial charge is 0.184 e. The average Bonchev–Trinajstić information content (AvgIpc) is 2.68. The maximum atomic E-state index is 11.9. The van der Waals surface area contributed by atoms with Crippen LogP contribution in [-0.2, 0) is 4.79 Å². The van der Waals surface area contributed by atoms with Gasteiger partial charge in [0.05, 0.1) is 29.7 Å². The van der Waals surface area contributed by atoms with Gasteiger partial charge in [0.2, 0.25) is 0 Å². The minimum absolute atomic E-state index is 0.212. The fourth-order valence-electron chi connectivity index (χ4n) is 2.38. The van der Waals surface area contributed by atoms with Crippen molar-refractivity contribution in [2.24, 2.45) is 16.7 Å². The standard InChI is InChI=1S/C12H10N4O/c1-11(4-2-3-10(11)17)12(7-15,8-16)9(5-13)6-14/h9H,2-4H2,1H3. The number of carbonyl (C=O) groups is 1. The fourth-order valence-corrected chi connectivity index (χ4v) is 2.38. The van der Waals surface area contributed by atoms with Crippen molar-refractivity contribution in [2.75, 3.05) is 0 Å². The molecule has 17 heavy (non-hydrogen) atoms. The Balaban J connectivity index is 3.45. The topological polar surface area (TPSA) is 112 Å². The zero-order chi connectivity index (χ0) is 13.1. The van der Waals surface area contributed by atoms with Crippen molar-refractivity contribution in [3.8, 4) is 24.3 Å². The van der Waals surface area contributed by atoms with Crippen LogP contribution in [0.1, 0.15) is 26.2 Å². The third-order valence-electron chi connectivity index (χ3n) is 3.61. The van der Waals surface area contributed by atoms with Crippen LogP contribution < -0.4 is 0 Å². The van der Waals surface area contributed by atoms with Crippen LogP contribution in [0.5, 0.6) is 0 Å². The first-order chi connectivity index (χ1) is 8.02. The summed E-state index contributed by atoms with van der Waals surface area (Å²) in [6.07, 6.45) is 1.25. The highest BCUT2D eigenvalue weighted by molar-refractivity contribution is 5.88. The lowest BCUT2D eigenvalue weighted by molar-refractivity contribution is -0.128. The molecule has 0 heterocycles. The Hall–Kier alpha value is -2.37. The third-order valence-corrected chi connectivity index (χ3v) is 3.61. The molecule has 1 aliphatic carbocycles. The number of hydrogen-bond acceptors (Lipinski definition) is 5. The molecule has 1 saturated carbocycles. The second-order valence-corrected chi connectivity index (χ2v) is 4.33. The van der Waals surface area contributed by atoms with E-state index in [9.17, 15) is 15.3 Å². The Morgan fingerprint density at radius 2 is 1.76 bits per heavy atom. The van der Waals surface area contributed by atoms with Gasteiger partial charge in [0.25, 0.3) is 0 Å². The number of nitrogens with zero attached hydrogens (tertiary/aromatic N) is 4. The van der Waals surface area contributed by atoms with Crippen LogP contribution in [0.25, 0.3) is 0 Å². The van der Waals surface area contributed by atoms with Crippen molar-refractivity contribution in [1.29, 1.82) is 21.0 Å². The van der Waals surface area contributed by atoms with Gasteiger partial charge in [-0.1, -0.05) is 0 Å². The van der Waals surface area contributed by atoms with Gasteiger partial charge in [0.1, 0.15) is 5.78 Å². The molecular weight excluding hydrogens is 216 g/mol. The molecule has 0 amide bonds. The number of nitriles is 4. The van der Waals surface area contributed by atoms with Crippen molar-refractivity contribution in [3.05, 3.63) is 0 Å². The normalized spacial score (nSPS) is 23.5. The molecule has 1 aliphatic rings. The second-order valence-electron chi connectivity index (χ2n) is 4.33. The van der Waals surface area contributed by atoms with E-state index in [-0.39, 0.29) is 5.78 Å². The van der Waals surface area contributed by atoms with E-state index in [2.05, 4.69) is 0 Å². The highest BCUT2D eigenvalue weighted by Gasteiger charge is 2.60. The van der Waals surface area contributed by atoms with Crippen molar-refractivity contribution >= 4 is 5.78 Å². The molecule has 0 aromatic heterocycles. The van der Waals surface area contributed by atoms with Crippen molar-refractivity contribution in [2.45, 2.75) is 26.2 Å². The van der Waals surface area contributed by atoms with E-state index in [4.69, 9.17) is 10.5 Å². The van der Waals surface area contributed by atoms with E-state index in [0.29, 0.717) is 19.3 Å². The molecule has 1 unspecified atom stereocenters. The summed E-state index contributed by atoms with van der Waals surface area (Å²) in [4.78, 5) is 11.9. The van der Waals surface area contributed by atoms with E-state index in [1.165, 1.54) is 6.92 Å². The first-order valence-electron chi connectivity index (χ1n) is 5.17. The molecule has 0 aromatic rings. The molecule has 5 heteroatoms. The Bertz CT molecular complexity index is 483. The Morgan fingerprint density at radius 3 is 2.06 bits per heavy atom. The lowest BCUT2D eigenvalue weighted by Gasteiger charge is -2.35. The summed E-state index contributed by atoms with van der Waals surface area (Å²) in [5.41, 5.74) is -3.09. The van der Waals surface area contributed by atoms with Gasteiger partial charge in [-0.3, -0.25) is 4.79 Å². The van der Waals surface area contributed by atoms with Crippen LogP contribution in [0.2, 0.25) is 0 Å². The molecule has 0 radical (unpaired) electrons. The summed E-state index contributed by atoms with van der Waals surface area (Å²) in [6.45, 7) is 1.51. The van der Waals surface area contributed by atoms with Crippen LogP contribution in [-0.4, -0.2) is 5.78 Å². The lowest BCUT2D eigenvalue weighted by atomic mass is 9.59. The molecule has 0 aliphatic heterocycles. The Kier molecular flexibility index (Phi) is 3.17. The molecule has 0 aromatic carbocycles. The maximum Gasteiger partial charge on any atom is 0.184 e. The van der Waals surface area contributed by atoms with Gasteiger partial charge in [-0.2, -0.15) is 21.0 Å². The molecule has 84 valence electrons. The third kappa shape index (κ3) is 1.45. The largest absolute Gasteiger partial charge is 0.299 e. The quantitative estimate of drug-likeness (QED) is 0.706. The van der Waals surface area contributed by atoms with Crippen molar-refractivity contribution in [3.63, 3.8) is 0 Å². The lowest BCUT2D eigenvalue weighted by Crippen LogP contribution is -2.45. The first kappa shape index (κ1) is 12.7. The van der Waals surface area contributed by atoms with Gasteiger partial charge >= 0.3 is 0 Å². The van der Waals surface area contributed by atoms with E-state index in [1.807, 2.05) is 0 Å². The summed E-state index contributed by atoms with van der Waals surface area (Å²) in [6, 6.07) is 6.82. The minimum Gasteiger partial charge on any atom is -0.299 e. The average molecular weight is 226 g/mol. The van der Waals surface area contributed by atoms with Gasteiger partial charge in [-0.15, -0.1) is 0 Å². The number of ketones is 1. The summed E-state index contributed by atoms with van der Waals surface area (Å²) in [5, 5.41) is 36.2. The fraction of sp³-hybridized carbons (Fsp3) is 0.583. The monoisotopic (exact) mass is 226 g/mol. The number of hydrogen-bond donors (Lipinski definition) is 0. The Morgan fingerprint density at radius 1 is 1.24 bits per heavy atom. The van der Waals surface area contributed by atoms with Gasteiger partial charge in [-0.05, 0) is 19.8 Å². The van der Waals surface area contributed by atoms with Crippen LogP contribution >= 0.6 is 0 Å².